The average molecular weight is 879 g/mol. The van der Waals surface area contributed by atoms with Crippen LogP contribution in [0.2, 0.25) is 0 Å². The minimum absolute atomic E-state index is 0.170. The Morgan fingerprint density at radius 1 is 0.266 bits per heavy atom. The van der Waals surface area contributed by atoms with Crippen LogP contribution in [0.5, 0.6) is 0 Å². The second-order valence-corrected chi connectivity index (χ2v) is 19.1. The molecular formula is C60H37N3Se. The van der Waals surface area contributed by atoms with Gasteiger partial charge in [0.15, 0.2) is 0 Å². The number of benzene rings is 10. The van der Waals surface area contributed by atoms with Crippen LogP contribution in [-0.4, -0.2) is 28.2 Å². The summed E-state index contributed by atoms with van der Waals surface area (Å²) in [6.45, 7) is 0. The van der Waals surface area contributed by atoms with Crippen LogP contribution in [0.1, 0.15) is 0 Å². The number of fused-ring (bicyclic) bond motifs is 12. The molecule has 3 nitrogen and oxygen atoms in total. The summed E-state index contributed by atoms with van der Waals surface area (Å²) in [5, 5.41) is 10.2. The second-order valence-electron chi connectivity index (χ2n) is 16.9. The molecule has 0 spiro atoms. The average Bonchev–Trinajstić information content (AvgIpc) is 4.10. The van der Waals surface area contributed by atoms with Gasteiger partial charge >= 0.3 is 302 Å². The summed E-state index contributed by atoms with van der Waals surface area (Å²) in [5.74, 6) is 0. The Balaban J connectivity index is 0.969. The van der Waals surface area contributed by atoms with Gasteiger partial charge in [-0.15, -0.1) is 0 Å². The number of hydrogen-bond acceptors (Lipinski definition) is 0. The molecule has 0 fully saturated rings. The summed E-state index contributed by atoms with van der Waals surface area (Å²) < 4.78 is 10.3. The Hall–Kier alpha value is -7.88. The fourth-order valence-corrected chi connectivity index (χ4v) is 13.1. The molecule has 0 aliphatic heterocycles. The number of rotatable bonds is 5. The van der Waals surface area contributed by atoms with Gasteiger partial charge in [0.1, 0.15) is 0 Å². The Morgan fingerprint density at radius 2 is 0.766 bits per heavy atom. The quantitative estimate of drug-likeness (QED) is 0.153. The van der Waals surface area contributed by atoms with E-state index in [1.54, 1.807) is 0 Å². The third-order valence-corrected chi connectivity index (χ3v) is 15.8. The van der Waals surface area contributed by atoms with E-state index in [-0.39, 0.29) is 14.5 Å². The van der Waals surface area contributed by atoms with Crippen LogP contribution in [0.4, 0.5) is 0 Å². The van der Waals surface area contributed by atoms with E-state index in [1.165, 1.54) is 113 Å². The van der Waals surface area contributed by atoms with E-state index in [0.29, 0.717) is 0 Å². The normalized spacial score (nSPS) is 12.1. The molecule has 0 N–H and O–H groups in total. The van der Waals surface area contributed by atoms with Crippen molar-refractivity contribution in [2.45, 2.75) is 0 Å². The van der Waals surface area contributed by atoms with Crippen molar-refractivity contribution >= 4 is 99.2 Å². The molecule has 0 radical (unpaired) electrons. The van der Waals surface area contributed by atoms with Gasteiger partial charge in [-0.3, -0.25) is 0 Å². The predicted octanol–water partition coefficient (Wildman–Crippen LogP) is 15.7. The molecule has 0 aliphatic rings. The molecule has 0 amide bonds. The Bertz CT molecular complexity index is 4140. The van der Waals surface area contributed by atoms with Gasteiger partial charge in [0.2, 0.25) is 0 Å². The van der Waals surface area contributed by atoms with Gasteiger partial charge in [0, 0.05) is 10.8 Å². The molecule has 14 rings (SSSR count). The van der Waals surface area contributed by atoms with E-state index >= 15 is 0 Å². The Morgan fingerprint density at radius 3 is 1.44 bits per heavy atom. The van der Waals surface area contributed by atoms with Crippen LogP contribution >= 0.6 is 0 Å². The van der Waals surface area contributed by atoms with E-state index in [4.69, 9.17) is 0 Å². The van der Waals surface area contributed by atoms with Crippen molar-refractivity contribution in [1.82, 2.24) is 13.7 Å². The van der Waals surface area contributed by atoms with Crippen LogP contribution in [-0.2, 0) is 0 Å². The Kier molecular flexibility index (Phi) is 7.70. The first-order valence-corrected chi connectivity index (χ1v) is 23.6. The molecule has 298 valence electrons. The van der Waals surface area contributed by atoms with Crippen molar-refractivity contribution in [3.05, 3.63) is 224 Å². The first-order chi connectivity index (χ1) is 31.8. The third kappa shape index (κ3) is 5.15. The molecule has 10 aromatic carbocycles. The molecule has 4 aromatic heterocycles. The Labute approximate surface area is 374 Å². The first kappa shape index (κ1) is 35.7. The van der Waals surface area contributed by atoms with Gasteiger partial charge < -0.3 is 4.57 Å². The number of aromatic nitrogens is 3. The SMILES string of the molecule is c1ccc(-c2ccccc2-c2ccc3c(c2)[se]c2cccc(-n4c5ccccc5c5ccc(-n6c7ccccc7c7cc(-n8c9ccccc9c9ccccc98)ccc76)cc54)c23)cc1. The van der Waals surface area contributed by atoms with Gasteiger partial charge in [-0.05, 0) is 12.1 Å². The molecule has 0 saturated carbocycles. The zero-order chi connectivity index (χ0) is 41.9. The molecule has 14 aromatic rings. The molecule has 0 saturated heterocycles. The molecule has 0 bridgehead atoms. The van der Waals surface area contributed by atoms with Crippen LogP contribution in [0.3, 0.4) is 0 Å². The molecule has 0 aliphatic carbocycles. The molecule has 4 heteroatoms. The molecule has 0 unspecified atom stereocenters. The van der Waals surface area contributed by atoms with Crippen molar-refractivity contribution in [3.63, 3.8) is 0 Å². The predicted molar refractivity (Wildman–Crippen MR) is 272 cm³/mol. The fraction of sp³-hybridized carbons (Fsp3) is 0. The summed E-state index contributed by atoms with van der Waals surface area (Å²) in [7, 11) is 0. The van der Waals surface area contributed by atoms with Crippen molar-refractivity contribution < 1.29 is 0 Å². The van der Waals surface area contributed by atoms with Crippen molar-refractivity contribution in [1.29, 1.82) is 0 Å². The summed E-state index contributed by atoms with van der Waals surface area (Å²) >= 11 is 0.170. The van der Waals surface area contributed by atoms with Crippen LogP contribution in [0.25, 0.3) is 124 Å². The number of hydrogen-bond donors (Lipinski definition) is 0. The van der Waals surface area contributed by atoms with Gasteiger partial charge in [-0.25, -0.2) is 0 Å². The van der Waals surface area contributed by atoms with Crippen LogP contribution in [0, 0.1) is 0 Å². The minimum atomic E-state index is 0.170. The van der Waals surface area contributed by atoms with E-state index in [1.807, 2.05) is 0 Å². The fourth-order valence-electron chi connectivity index (χ4n) is 10.7. The van der Waals surface area contributed by atoms with Crippen molar-refractivity contribution in [2.24, 2.45) is 0 Å². The van der Waals surface area contributed by atoms with Crippen LogP contribution < -0.4 is 0 Å². The standard InChI is InChI=1S/C60H37N3Se/c1-2-15-38(16-3-1)42-17-4-5-18-43(42)39-29-32-49-59(35-39)64-58-28-14-27-56(60(49)58)63-54-26-13-8-21-46(54)48-33-30-41(37-57(48)63)62-53-25-12-9-22-47(53)50-36-40(31-34-55(50)62)61-51-23-10-6-19-44(51)45-20-7-11-24-52(45)61/h1-37H. The zero-order valence-corrected chi connectivity index (χ0v) is 36.3. The number of para-hydroxylation sites is 4. The van der Waals surface area contributed by atoms with Gasteiger partial charge in [0.05, 0.1) is 11.0 Å². The topological polar surface area (TPSA) is 14.8 Å². The summed E-state index contributed by atoms with van der Waals surface area (Å²) in [4.78, 5) is 0. The molecule has 0 atom stereocenters. The zero-order valence-electron chi connectivity index (χ0n) is 34.6. The molecular weight excluding hydrogens is 842 g/mol. The summed E-state index contributed by atoms with van der Waals surface area (Å²) in [5.41, 5.74) is 15.8. The second kappa shape index (κ2) is 13.8. The third-order valence-electron chi connectivity index (χ3n) is 13.4. The van der Waals surface area contributed by atoms with E-state index in [9.17, 15) is 0 Å². The van der Waals surface area contributed by atoms with E-state index < -0.39 is 0 Å². The maximum absolute atomic E-state index is 2.53. The summed E-state index contributed by atoms with van der Waals surface area (Å²) in [6.07, 6.45) is 0. The number of nitrogens with zero attached hydrogens (tertiary/aromatic N) is 3. The van der Waals surface area contributed by atoms with Crippen molar-refractivity contribution in [3.8, 4) is 39.3 Å². The van der Waals surface area contributed by atoms with Crippen molar-refractivity contribution in [2.75, 3.05) is 0 Å². The molecule has 4 heterocycles. The first-order valence-electron chi connectivity index (χ1n) is 21.9. The maximum atomic E-state index is 2.53. The van der Waals surface area contributed by atoms with Gasteiger partial charge in [-0.2, -0.15) is 0 Å². The molecule has 64 heavy (non-hydrogen) atoms. The van der Waals surface area contributed by atoms with Crippen LogP contribution in [0.15, 0.2) is 224 Å². The van der Waals surface area contributed by atoms with E-state index in [0.717, 1.165) is 11.4 Å². The van der Waals surface area contributed by atoms with E-state index in [2.05, 4.69) is 238 Å². The monoisotopic (exact) mass is 879 g/mol. The van der Waals surface area contributed by atoms with Gasteiger partial charge in [0.25, 0.3) is 0 Å². The summed E-state index contributed by atoms with van der Waals surface area (Å²) in [6, 6.07) is 83.1. The van der Waals surface area contributed by atoms with Gasteiger partial charge in [-0.1, -0.05) is 36.4 Å².